The molecule has 1 aliphatic heterocycles. The van der Waals surface area contributed by atoms with E-state index in [9.17, 15) is 0 Å². The summed E-state index contributed by atoms with van der Waals surface area (Å²) in [6.07, 6.45) is 6.62. The van der Waals surface area contributed by atoms with Gasteiger partial charge in [0.1, 0.15) is 11.5 Å². The van der Waals surface area contributed by atoms with Crippen molar-refractivity contribution >= 4 is 18.5 Å². The van der Waals surface area contributed by atoms with Crippen LogP contribution in [0, 0.1) is 0 Å². The fraction of sp³-hybridized carbons (Fsp3) is 0.364. The molecule has 0 radical (unpaired) electrons. The van der Waals surface area contributed by atoms with Crippen molar-refractivity contribution in [2.75, 3.05) is 26.8 Å². The molecule has 0 spiro atoms. The minimum atomic E-state index is 0. The third-order valence-electron chi connectivity index (χ3n) is 4.35. The number of hydrogen-bond donors (Lipinski definition) is 0. The molecule has 1 heterocycles. The van der Waals surface area contributed by atoms with Gasteiger partial charge in [-0.25, -0.2) is 0 Å². The number of benzene rings is 2. The molecule has 0 bridgehead atoms. The highest BCUT2D eigenvalue weighted by Crippen LogP contribution is 2.26. The average molecular weight is 374 g/mol. The van der Waals surface area contributed by atoms with Crippen LogP contribution in [-0.2, 0) is 13.0 Å². The maximum Gasteiger partial charge on any atom is 0.122 e. The minimum Gasteiger partial charge on any atom is -0.494 e. The van der Waals surface area contributed by atoms with E-state index in [1.54, 1.807) is 0 Å². The van der Waals surface area contributed by atoms with Gasteiger partial charge in [0.05, 0.1) is 13.2 Å². The number of aryl methyl sites for hydroxylation is 1. The lowest BCUT2D eigenvalue weighted by Gasteiger charge is -2.20. The van der Waals surface area contributed by atoms with E-state index < -0.39 is 0 Å². The van der Waals surface area contributed by atoms with Crippen molar-refractivity contribution in [3.8, 4) is 11.5 Å². The highest BCUT2D eigenvalue weighted by Gasteiger charge is 2.11. The second kappa shape index (κ2) is 10.2. The second-order valence-corrected chi connectivity index (χ2v) is 6.50. The van der Waals surface area contributed by atoms with Crippen LogP contribution in [0.3, 0.4) is 0 Å². The van der Waals surface area contributed by atoms with E-state index in [2.05, 4.69) is 54.4 Å². The lowest BCUT2D eigenvalue weighted by Crippen LogP contribution is -2.18. The molecule has 2 aromatic rings. The van der Waals surface area contributed by atoms with Gasteiger partial charge in [0, 0.05) is 13.1 Å². The topological polar surface area (TPSA) is 21.7 Å². The van der Waals surface area contributed by atoms with Gasteiger partial charge in [-0.2, -0.15) is 0 Å². The Labute approximate surface area is 163 Å². The molecule has 1 aliphatic rings. The van der Waals surface area contributed by atoms with Crippen molar-refractivity contribution in [1.82, 2.24) is 4.90 Å². The predicted octanol–water partition coefficient (Wildman–Crippen LogP) is 4.98. The predicted molar refractivity (Wildman–Crippen MR) is 110 cm³/mol. The highest BCUT2D eigenvalue weighted by atomic mass is 35.5. The monoisotopic (exact) mass is 373 g/mol. The molecule has 3 nitrogen and oxygen atoms in total. The van der Waals surface area contributed by atoms with E-state index >= 15 is 0 Å². The largest absolute Gasteiger partial charge is 0.494 e. The Bertz CT molecular complexity index is 713. The summed E-state index contributed by atoms with van der Waals surface area (Å²) in [4.78, 5) is 2.30. The second-order valence-electron chi connectivity index (χ2n) is 6.50. The molecule has 0 unspecified atom stereocenters. The smallest absolute Gasteiger partial charge is 0.122 e. The Morgan fingerprint density at radius 1 is 1.15 bits per heavy atom. The minimum absolute atomic E-state index is 0. The van der Waals surface area contributed by atoms with Crippen LogP contribution < -0.4 is 9.47 Å². The van der Waals surface area contributed by atoms with E-state index in [0.717, 1.165) is 44.0 Å². The zero-order valence-corrected chi connectivity index (χ0v) is 16.4. The van der Waals surface area contributed by atoms with Gasteiger partial charge in [0.2, 0.25) is 0 Å². The Morgan fingerprint density at radius 2 is 1.96 bits per heavy atom. The van der Waals surface area contributed by atoms with E-state index in [1.807, 2.05) is 19.1 Å². The summed E-state index contributed by atoms with van der Waals surface area (Å²) >= 11 is 0. The molecule has 0 saturated carbocycles. The lowest BCUT2D eigenvalue weighted by molar-refractivity contribution is 0.287. The van der Waals surface area contributed by atoms with Gasteiger partial charge in [-0.3, -0.25) is 4.90 Å². The molecule has 4 heteroatoms. The molecule has 140 valence electrons. The van der Waals surface area contributed by atoms with Crippen LogP contribution in [0.2, 0.25) is 0 Å². The third kappa shape index (κ3) is 5.79. The summed E-state index contributed by atoms with van der Waals surface area (Å²) in [5, 5.41) is 0. The quantitative estimate of drug-likeness (QED) is 0.683. The van der Waals surface area contributed by atoms with Crippen LogP contribution in [0.25, 0.3) is 6.08 Å². The van der Waals surface area contributed by atoms with Crippen LogP contribution in [0.4, 0.5) is 0 Å². The molecular weight excluding hydrogens is 346 g/mol. The number of halogens is 1. The molecule has 3 rings (SSSR count). The standard InChI is InChI=1S/C22H27NO2.ClH/c1-3-24-21-12-9-18(10-13-21)6-4-14-23(2)17-19-8-11-20-7-5-15-25-22(20)16-19;/h4,6,8-13,16H,3,5,7,14-15,17H2,1-2H3;1H/b6-4+;. The number of hydrogen-bond acceptors (Lipinski definition) is 3. The Kier molecular flexibility index (Phi) is 8.02. The Hall–Kier alpha value is -1.97. The zero-order valence-electron chi connectivity index (χ0n) is 15.6. The Morgan fingerprint density at radius 3 is 2.73 bits per heavy atom. The third-order valence-corrected chi connectivity index (χ3v) is 4.35. The van der Waals surface area contributed by atoms with E-state index in [0.29, 0.717) is 6.61 Å². The summed E-state index contributed by atoms with van der Waals surface area (Å²) in [7, 11) is 2.14. The van der Waals surface area contributed by atoms with Crippen molar-refractivity contribution in [2.45, 2.75) is 26.3 Å². The first-order valence-corrected chi connectivity index (χ1v) is 9.07. The number of likely N-dealkylation sites (N-methyl/N-ethyl adjacent to an activating group) is 1. The molecular formula is C22H28ClNO2. The van der Waals surface area contributed by atoms with Gasteiger partial charge in [0.25, 0.3) is 0 Å². The van der Waals surface area contributed by atoms with Crippen molar-refractivity contribution < 1.29 is 9.47 Å². The maximum absolute atomic E-state index is 5.77. The first kappa shape index (κ1) is 20.3. The number of ether oxygens (including phenoxy) is 2. The fourth-order valence-electron chi connectivity index (χ4n) is 3.07. The molecule has 0 aliphatic carbocycles. The summed E-state index contributed by atoms with van der Waals surface area (Å²) in [5.74, 6) is 1.99. The van der Waals surface area contributed by atoms with Gasteiger partial charge in [-0.1, -0.05) is 36.4 Å². The van der Waals surface area contributed by atoms with Gasteiger partial charge >= 0.3 is 0 Å². The fourth-order valence-corrected chi connectivity index (χ4v) is 3.07. The van der Waals surface area contributed by atoms with Gasteiger partial charge < -0.3 is 9.47 Å². The van der Waals surface area contributed by atoms with Crippen molar-refractivity contribution in [3.05, 3.63) is 65.2 Å². The number of nitrogens with zero attached hydrogens (tertiary/aromatic N) is 1. The summed E-state index contributed by atoms with van der Waals surface area (Å²) in [5.41, 5.74) is 3.84. The van der Waals surface area contributed by atoms with E-state index in [-0.39, 0.29) is 12.4 Å². The Balaban J connectivity index is 0.00000243. The van der Waals surface area contributed by atoms with Crippen molar-refractivity contribution in [1.29, 1.82) is 0 Å². The van der Waals surface area contributed by atoms with Crippen LogP contribution in [0.5, 0.6) is 11.5 Å². The van der Waals surface area contributed by atoms with Crippen molar-refractivity contribution in [3.63, 3.8) is 0 Å². The molecule has 0 N–H and O–H groups in total. The van der Waals surface area contributed by atoms with E-state index in [1.165, 1.54) is 16.7 Å². The first-order chi connectivity index (χ1) is 12.2. The van der Waals surface area contributed by atoms with Crippen LogP contribution in [0.15, 0.2) is 48.5 Å². The number of rotatable bonds is 7. The maximum atomic E-state index is 5.77. The molecule has 0 amide bonds. The summed E-state index contributed by atoms with van der Waals surface area (Å²) in [6.45, 7) is 5.37. The van der Waals surface area contributed by atoms with Crippen LogP contribution in [0.1, 0.15) is 30.0 Å². The molecule has 0 saturated heterocycles. The normalized spacial score (nSPS) is 13.2. The molecule has 0 atom stereocenters. The summed E-state index contributed by atoms with van der Waals surface area (Å²) in [6, 6.07) is 14.8. The summed E-state index contributed by atoms with van der Waals surface area (Å²) < 4.78 is 11.2. The lowest BCUT2D eigenvalue weighted by atomic mass is 10.0. The molecule has 0 fully saturated rings. The average Bonchev–Trinajstić information content (AvgIpc) is 2.63. The van der Waals surface area contributed by atoms with Crippen LogP contribution in [-0.4, -0.2) is 31.7 Å². The molecule has 26 heavy (non-hydrogen) atoms. The number of fused-ring (bicyclic) bond motifs is 1. The van der Waals surface area contributed by atoms with Crippen LogP contribution >= 0.6 is 12.4 Å². The van der Waals surface area contributed by atoms with E-state index in [4.69, 9.17) is 9.47 Å². The SMILES string of the molecule is CCOc1ccc(/C=C/CN(C)Cc2ccc3c(c2)OCCC3)cc1.Cl. The van der Waals surface area contributed by atoms with Crippen molar-refractivity contribution in [2.24, 2.45) is 0 Å². The molecule has 0 aromatic heterocycles. The van der Waals surface area contributed by atoms with Gasteiger partial charge in [-0.15, -0.1) is 12.4 Å². The molecule has 2 aromatic carbocycles. The first-order valence-electron chi connectivity index (χ1n) is 9.07. The van der Waals surface area contributed by atoms with Gasteiger partial charge in [-0.05, 0) is 61.7 Å². The van der Waals surface area contributed by atoms with Gasteiger partial charge in [0.15, 0.2) is 0 Å². The zero-order chi connectivity index (χ0) is 17.5. The highest BCUT2D eigenvalue weighted by molar-refractivity contribution is 5.85.